The summed E-state index contributed by atoms with van der Waals surface area (Å²) in [5.74, 6) is 4.04. The maximum Gasteiger partial charge on any atom is 0.0243 e. The van der Waals surface area contributed by atoms with E-state index in [1.807, 2.05) is 0 Å². The number of nitrogens with two attached hydrogens (primary N) is 1. The van der Waals surface area contributed by atoms with Crippen molar-refractivity contribution in [3.63, 3.8) is 0 Å². The minimum Gasteiger partial charge on any atom is -0.329 e. The molecule has 4 atom stereocenters. The van der Waals surface area contributed by atoms with Crippen molar-refractivity contribution in [3.05, 3.63) is 0 Å². The highest BCUT2D eigenvalue weighted by Gasteiger charge is 2.40. The zero-order valence-corrected chi connectivity index (χ0v) is 11.3. The SMILES string of the molecule is CN(CC1CC2CCC1C2)C(CN)C1CCC1. The molecule has 3 saturated carbocycles. The standard InChI is InChI=1S/C15H28N2/c1-17(15(9-16)12-3-2-4-12)10-14-8-11-5-6-13(14)7-11/h11-15H,2-10,16H2,1H3. The quantitative estimate of drug-likeness (QED) is 0.794. The van der Waals surface area contributed by atoms with E-state index in [1.165, 1.54) is 51.5 Å². The van der Waals surface area contributed by atoms with Crippen molar-refractivity contribution in [2.75, 3.05) is 20.1 Å². The van der Waals surface area contributed by atoms with Gasteiger partial charge in [-0.1, -0.05) is 12.8 Å². The van der Waals surface area contributed by atoms with Crippen LogP contribution in [0, 0.1) is 23.7 Å². The second-order valence-corrected chi connectivity index (χ2v) is 6.87. The van der Waals surface area contributed by atoms with Gasteiger partial charge in [-0.15, -0.1) is 0 Å². The highest BCUT2D eigenvalue weighted by molar-refractivity contribution is 4.93. The number of rotatable bonds is 5. The van der Waals surface area contributed by atoms with Crippen molar-refractivity contribution in [3.8, 4) is 0 Å². The van der Waals surface area contributed by atoms with Gasteiger partial charge in [0.25, 0.3) is 0 Å². The number of likely N-dealkylation sites (N-methyl/N-ethyl adjacent to an activating group) is 1. The van der Waals surface area contributed by atoms with Crippen LogP contribution in [0.4, 0.5) is 0 Å². The Kier molecular flexibility index (Phi) is 3.45. The van der Waals surface area contributed by atoms with Gasteiger partial charge in [0.15, 0.2) is 0 Å². The lowest BCUT2D eigenvalue weighted by molar-refractivity contribution is 0.0975. The molecule has 17 heavy (non-hydrogen) atoms. The van der Waals surface area contributed by atoms with Crippen LogP contribution in [0.2, 0.25) is 0 Å². The molecule has 2 nitrogen and oxygen atoms in total. The summed E-state index contributed by atoms with van der Waals surface area (Å²) in [6.07, 6.45) is 10.4. The molecule has 3 aliphatic carbocycles. The molecule has 3 aliphatic rings. The molecule has 0 aromatic carbocycles. The van der Waals surface area contributed by atoms with Crippen molar-refractivity contribution in [2.45, 2.75) is 51.0 Å². The van der Waals surface area contributed by atoms with Gasteiger partial charge >= 0.3 is 0 Å². The van der Waals surface area contributed by atoms with Crippen LogP contribution in [0.5, 0.6) is 0 Å². The van der Waals surface area contributed by atoms with Gasteiger partial charge in [0.05, 0.1) is 0 Å². The fraction of sp³-hybridized carbons (Fsp3) is 1.00. The van der Waals surface area contributed by atoms with Crippen LogP contribution in [0.25, 0.3) is 0 Å². The average Bonchev–Trinajstić information content (AvgIpc) is 2.84. The first kappa shape index (κ1) is 12.0. The summed E-state index contributed by atoms with van der Waals surface area (Å²) in [6, 6.07) is 0.669. The molecule has 4 unspecified atom stereocenters. The van der Waals surface area contributed by atoms with Gasteiger partial charge in [0, 0.05) is 19.1 Å². The zero-order valence-electron chi connectivity index (χ0n) is 11.3. The molecule has 0 heterocycles. The first-order valence-electron chi connectivity index (χ1n) is 7.68. The second kappa shape index (κ2) is 4.89. The predicted molar refractivity (Wildman–Crippen MR) is 71.8 cm³/mol. The van der Waals surface area contributed by atoms with Crippen LogP contribution < -0.4 is 5.73 Å². The van der Waals surface area contributed by atoms with Crippen LogP contribution in [0.1, 0.15) is 44.9 Å². The van der Waals surface area contributed by atoms with Crippen molar-refractivity contribution in [1.82, 2.24) is 4.90 Å². The van der Waals surface area contributed by atoms with Crippen LogP contribution in [0.15, 0.2) is 0 Å². The zero-order chi connectivity index (χ0) is 11.8. The van der Waals surface area contributed by atoms with Crippen LogP contribution in [0.3, 0.4) is 0 Å². The molecular formula is C15H28N2. The number of hydrogen-bond donors (Lipinski definition) is 1. The Labute approximate surface area is 106 Å². The maximum absolute atomic E-state index is 5.99. The monoisotopic (exact) mass is 236 g/mol. The number of fused-ring (bicyclic) bond motifs is 2. The van der Waals surface area contributed by atoms with E-state index in [0.717, 1.165) is 30.2 Å². The summed E-state index contributed by atoms with van der Waals surface area (Å²) >= 11 is 0. The maximum atomic E-state index is 5.99. The average molecular weight is 236 g/mol. The van der Waals surface area contributed by atoms with Gasteiger partial charge < -0.3 is 10.6 Å². The van der Waals surface area contributed by atoms with E-state index in [1.54, 1.807) is 0 Å². The van der Waals surface area contributed by atoms with E-state index in [2.05, 4.69) is 11.9 Å². The van der Waals surface area contributed by atoms with Crippen LogP contribution in [-0.4, -0.2) is 31.1 Å². The lowest BCUT2D eigenvalue weighted by atomic mass is 9.78. The second-order valence-electron chi connectivity index (χ2n) is 6.87. The minimum atomic E-state index is 0.669. The van der Waals surface area contributed by atoms with E-state index in [9.17, 15) is 0 Å². The number of hydrogen-bond acceptors (Lipinski definition) is 2. The lowest BCUT2D eigenvalue weighted by Gasteiger charge is -2.40. The van der Waals surface area contributed by atoms with E-state index in [4.69, 9.17) is 5.73 Å². The van der Waals surface area contributed by atoms with Crippen molar-refractivity contribution in [2.24, 2.45) is 29.4 Å². The summed E-state index contributed by atoms with van der Waals surface area (Å²) in [5.41, 5.74) is 5.99. The van der Waals surface area contributed by atoms with E-state index in [-0.39, 0.29) is 0 Å². The van der Waals surface area contributed by atoms with Gasteiger partial charge in [-0.3, -0.25) is 0 Å². The summed E-state index contributed by atoms with van der Waals surface area (Å²) in [4.78, 5) is 2.61. The molecule has 0 spiro atoms. The predicted octanol–water partition coefficient (Wildman–Crippen LogP) is 2.48. The van der Waals surface area contributed by atoms with Gasteiger partial charge in [-0.25, -0.2) is 0 Å². The Morgan fingerprint density at radius 1 is 1.18 bits per heavy atom. The molecule has 2 bridgehead atoms. The highest BCUT2D eigenvalue weighted by Crippen LogP contribution is 2.48. The van der Waals surface area contributed by atoms with E-state index < -0.39 is 0 Å². The molecule has 0 saturated heterocycles. The molecule has 98 valence electrons. The molecule has 0 aromatic heterocycles. The normalized spacial score (nSPS) is 38.6. The van der Waals surface area contributed by atoms with Gasteiger partial charge in [-0.05, 0) is 62.8 Å². The van der Waals surface area contributed by atoms with E-state index >= 15 is 0 Å². The molecule has 3 rings (SSSR count). The summed E-state index contributed by atoms with van der Waals surface area (Å²) in [5, 5.41) is 0. The molecule has 3 fully saturated rings. The molecule has 0 aromatic rings. The van der Waals surface area contributed by atoms with E-state index in [0.29, 0.717) is 6.04 Å². The Balaban J connectivity index is 1.53. The highest BCUT2D eigenvalue weighted by atomic mass is 15.1. The first-order valence-corrected chi connectivity index (χ1v) is 7.68. The Morgan fingerprint density at radius 3 is 2.47 bits per heavy atom. The molecule has 2 heteroatoms. The van der Waals surface area contributed by atoms with Gasteiger partial charge in [-0.2, -0.15) is 0 Å². The summed E-state index contributed by atoms with van der Waals surface area (Å²) in [7, 11) is 2.32. The topological polar surface area (TPSA) is 29.3 Å². The fourth-order valence-electron chi connectivity index (χ4n) is 4.66. The van der Waals surface area contributed by atoms with Crippen molar-refractivity contribution >= 4 is 0 Å². The fourth-order valence-corrected chi connectivity index (χ4v) is 4.66. The van der Waals surface area contributed by atoms with Crippen LogP contribution >= 0.6 is 0 Å². The summed E-state index contributed by atoms with van der Waals surface area (Å²) < 4.78 is 0. The molecule has 2 N–H and O–H groups in total. The molecule has 0 radical (unpaired) electrons. The Hall–Kier alpha value is -0.0800. The minimum absolute atomic E-state index is 0.669. The molecule has 0 aliphatic heterocycles. The van der Waals surface area contributed by atoms with Gasteiger partial charge in [0.1, 0.15) is 0 Å². The van der Waals surface area contributed by atoms with Crippen LogP contribution in [-0.2, 0) is 0 Å². The lowest BCUT2D eigenvalue weighted by Crippen LogP contribution is -2.47. The van der Waals surface area contributed by atoms with Gasteiger partial charge in [0.2, 0.25) is 0 Å². The largest absolute Gasteiger partial charge is 0.329 e. The third-order valence-electron chi connectivity index (χ3n) is 5.91. The van der Waals surface area contributed by atoms with Crippen molar-refractivity contribution in [1.29, 1.82) is 0 Å². The summed E-state index contributed by atoms with van der Waals surface area (Å²) in [6.45, 7) is 2.18. The smallest absolute Gasteiger partial charge is 0.0243 e. The number of nitrogens with zero attached hydrogens (tertiary/aromatic N) is 1. The first-order chi connectivity index (χ1) is 8.28. The molecular weight excluding hydrogens is 208 g/mol. The molecule has 0 amide bonds. The Morgan fingerprint density at radius 2 is 2.00 bits per heavy atom. The third-order valence-corrected chi connectivity index (χ3v) is 5.91. The Bertz CT molecular complexity index is 262. The van der Waals surface area contributed by atoms with Crippen molar-refractivity contribution < 1.29 is 0 Å². The third kappa shape index (κ3) is 2.26.